The second-order valence-electron chi connectivity index (χ2n) is 6.66. The molecule has 110 valence electrons. The van der Waals surface area contributed by atoms with Crippen LogP contribution in [0, 0.1) is 12.8 Å². The zero-order valence-electron chi connectivity index (χ0n) is 13.3. The van der Waals surface area contributed by atoms with Gasteiger partial charge in [-0.15, -0.1) is 0 Å². The summed E-state index contributed by atoms with van der Waals surface area (Å²) in [6, 6.07) is 2.08. The lowest BCUT2D eigenvalue weighted by Crippen LogP contribution is -2.35. The lowest BCUT2D eigenvalue weighted by Gasteiger charge is -2.19. The number of furan rings is 1. The van der Waals surface area contributed by atoms with Gasteiger partial charge >= 0.3 is 0 Å². The van der Waals surface area contributed by atoms with Crippen molar-refractivity contribution in [1.82, 2.24) is 5.32 Å². The molecule has 0 radical (unpaired) electrons. The van der Waals surface area contributed by atoms with Crippen molar-refractivity contribution < 1.29 is 9.15 Å². The zero-order chi connectivity index (χ0) is 14.5. The Balaban J connectivity index is 2.41. The summed E-state index contributed by atoms with van der Waals surface area (Å²) in [5, 5.41) is 3.44. The van der Waals surface area contributed by atoms with Gasteiger partial charge in [0.2, 0.25) is 0 Å². The van der Waals surface area contributed by atoms with Gasteiger partial charge < -0.3 is 14.5 Å². The van der Waals surface area contributed by atoms with Gasteiger partial charge in [0, 0.05) is 12.1 Å². The van der Waals surface area contributed by atoms with Crippen LogP contribution in [0.15, 0.2) is 10.5 Å². The first-order chi connectivity index (χ1) is 8.78. The maximum atomic E-state index is 5.83. The normalized spacial score (nSPS) is 12.4. The standard InChI is InChI=1S/C16H29NO2/c1-12(2)7-8-18-11-14-9-13(3)15(19-14)10-17-16(4,5)6/h9,12,17H,7-8,10-11H2,1-6H3. The van der Waals surface area contributed by atoms with Crippen LogP contribution in [0.25, 0.3) is 0 Å². The van der Waals surface area contributed by atoms with E-state index in [4.69, 9.17) is 9.15 Å². The van der Waals surface area contributed by atoms with E-state index in [0.29, 0.717) is 12.5 Å². The number of rotatable bonds is 7. The van der Waals surface area contributed by atoms with Gasteiger partial charge in [0.25, 0.3) is 0 Å². The average Bonchev–Trinajstić information content (AvgIpc) is 2.61. The Hall–Kier alpha value is -0.800. The summed E-state index contributed by atoms with van der Waals surface area (Å²) in [4.78, 5) is 0. The maximum Gasteiger partial charge on any atom is 0.130 e. The zero-order valence-corrected chi connectivity index (χ0v) is 13.3. The molecular weight excluding hydrogens is 238 g/mol. The van der Waals surface area contributed by atoms with E-state index < -0.39 is 0 Å². The molecule has 0 fully saturated rings. The van der Waals surface area contributed by atoms with Crippen molar-refractivity contribution in [2.75, 3.05) is 6.61 Å². The minimum atomic E-state index is 0.104. The van der Waals surface area contributed by atoms with Crippen LogP contribution in [-0.2, 0) is 17.9 Å². The molecule has 0 atom stereocenters. The number of hydrogen-bond donors (Lipinski definition) is 1. The molecule has 0 aliphatic heterocycles. The molecule has 0 saturated heterocycles. The van der Waals surface area contributed by atoms with Crippen LogP contribution in [-0.4, -0.2) is 12.1 Å². The second-order valence-corrected chi connectivity index (χ2v) is 6.66. The number of hydrogen-bond acceptors (Lipinski definition) is 3. The Morgan fingerprint density at radius 1 is 1.32 bits per heavy atom. The van der Waals surface area contributed by atoms with E-state index in [1.807, 2.05) is 0 Å². The van der Waals surface area contributed by atoms with Crippen LogP contribution < -0.4 is 5.32 Å². The van der Waals surface area contributed by atoms with E-state index in [-0.39, 0.29) is 5.54 Å². The van der Waals surface area contributed by atoms with E-state index >= 15 is 0 Å². The van der Waals surface area contributed by atoms with Crippen molar-refractivity contribution in [2.45, 2.75) is 66.7 Å². The van der Waals surface area contributed by atoms with Crippen molar-refractivity contribution in [2.24, 2.45) is 5.92 Å². The van der Waals surface area contributed by atoms with Crippen LogP contribution in [0.2, 0.25) is 0 Å². The predicted molar refractivity (Wildman–Crippen MR) is 79.1 cm³/mol. The fourth-order valence-electron chi connectivity index (χ4n) is 1.67. The molecule has 0 unspecified atom stereocenters. The smallest absolute Gasteiger partial charge is 0.130 e. The molecule has 0 saturated carbocycles. The molecule has 0 aromatic carbocycles. The Morgan fingerprint density at radius 2 is 2.00 bits per heavy atom. The molecule has 19 heavy (non-hydrogen) atoms. The minimum Gasteiger partial charge on any atom is -0.462 e. The van der Waals surface area contributed by atoms with Gasteiger partial charge in [-0.3, -0.25) is 0 Å². The Bertz CT molecular complexity index is 375. The van der Waals surface area contributed by atoms with Crippen LogP contribution in [0.1, 0.15) is 58.1 Å². The first kappa shape index (κ1) is 16.3. The quantitative estimate of drug-likeness (QED) is 0.757. The van der Waals surface area contributed by atoms with Gasteiger partial charge in [-0.25, -0.2) is 0 Å². The summed E-state index contributed by atoms with van der Waals surface area (Å²) >= 11 is 0. The third-order valence-corrected chi connectivity index (χ3v) is 2.93. The highest BCUT2D eigenvalue weighted by Gasteiger charge is 2.12. The SMILES string of the molecule is Cc1cc(COCCC(C)C)oc1CNC(C)(C)C. The minimum absolute atomic E-state index is 0.104. The highest BCUT2D eigenvalue weighted by molar-refractivity contribution is 5.19. The van der Waals surface area contributed by atoms with Crippen molar-refractivity contribution >= 4 is 0 Å². The predicted octanol–water partition coefficient (Wildman–Crippen LogP) is 4.04. The van der Waals surface area contributed by atoms with E-state index in [2.05, 4.69) is 52.9 Å². The fraction of sp³-hybridized carbons (Fsp3) is 0.750. The molecule has 1 aromatic rings. The number of nitrogens with one attached hydrogen (secondary N) is 1. The van der Waals surface area contributed by atoms with Gasteiger partial charge in [0.05, 0.1) is 6.54 Å². The third-order valence-electron chi connectivity index (χ3n) is 2.93. The molecule has 0 spiro atoms. The summed E-state index contributed by atoms with van der Waals surface area (Å²) < 4.78 is 11.5. The van der Waals surface area contributed by atoms with Crippen LogP contribution >= 0.6 is 0 Å². The molecule has 1 rings (SSSR count). The van der Waals surface area contributed by atoms with E-state index in [9.17, 15) is 0 Å². The van der Waals surface area contributed by atoms with Crippen LogP contribution in [0.4, 0.5) is 0 Å². The lowest BCUT2D eigenvalue weighted by atomic mass is 10.1. The molecule has 0 bridgehead atoms. The largest absolute Gasteiger partial charge is 0.462 e. The summed E-state index contributed by atoms with van der Waals surface area (Å²) in [5.41, 5.74) is 1.30. The van der Waals surface area contributed by atoms with Crippen molar-refractivity contribution in [3.8, 4) is 0 Å². The average molecular weight is 267 g/mol. The summed E-state index contributed by atoms with van der Waals surface area (Å²) in [6.45, 7) is 15.1. The van der Waals surface area contributed by atoms with Crippen molar-refractivity contribution in [1.29, 1.82) is 0 Å². The highest BCUT2D eigenvalue weighted by atomic mass is 16.5. The molecule has 3 nitrogen and oxygen atoms in total. The molecular formula is C16H29NO2. The topological polar surface area (TPSA) is 34.4 Å². The maximum absolute atomic E-state index is 5.83. The van der Waals surface area contributed by atoms with Gasteiger partial charge in [-0.1, -0.05) is 13.8 Å². The van der Waals surface area contributed by atoms with Gasteiger partial charge in [-0.2, -0.15) is 0 Å². The third kappa shape index (κ3) is 6.79. The number of ether oxygens (including phenoxy) is 1. The first-order valence-corrected chi connectivity index (χ1v) is 7.19. The summed E-state index contributed by atoms with van der Waals surface area (Å²) in [6.07, 6.45) is 1.10. The van der Waals surface area contributed by atoms with Gasteiger partial charge in [0.15, 0.2) is 0 Å². The monoisotopic (exact) mass is 267 g/mol. The van der Waals surface area contributed by atoms with E-state index in [1.165, 1.54) is 5.56 Å². The summed E-state index contributed by atoms with van der Waals surface area (Å²) in [5.74, 6) is 2.62. The molecule has 1 N–H and O–H groups in total. The van der Waals surface area contributed by atoms with E-state index in [1.54, 1.807) is 0 Å². The lowest BCUT2D eigenvalue weighted by molar-refractivity contribution is 0.0959. The van der Waals surface area contributed by atoms with Crippen LogP contribution in [0.5, 0.6) is 0 Å². The molecule has 1 heterocycles. The highest BCUT2D eigenvalue weighted by Crippen LogP contribution is 2.16. The Morgan fingerprint density at radius 3 is 2.58 bits per heavy atom. The van der Waals surface area contributed by atoms with Gasteiger partial charge in [0.1, 0.15) is 18.1 Å². The Kier molecular flexibility index (Phi) is 6.08. The van der Waals surface area contributed by atoms with Crippen LogP contribution in [0.3, 0.4) is 0 Å². The molecule has 0 aliphatic rings. The van der Waals surface area contributed by atoms with Gasteiger partial charge in [-0.05, 0) is 51.7 Å². The fourth-order valence-corrected chi connectivity index (χ4v) is 1.67. The van der Waals surface area contributed by atoms with E-state index in [0.717, 1.165) is 31.1 Å². The van der Waals surface area contributed by atoms with Crippen molar-refractivity contribution in [3.63, 3.8) is 0 Å². The summed E-state index contributed by atoms with van der Waals surface area (Å²) in [7, 11) is 0. The second kappa shape index (κ2) is 7.11. The number of aryl methyl sites for hydroxylation is 1. The molecule has 0 amide bonds. The van der Waals surface area contributed by atoms with Crippen molar-refractivity contribution in [3.05, 3.63) is 23.2 Å². The first-order valence-electron chi connectivity index (χ1n) is 7.19. The molecule has 1 aromatic heterocycles. The molecule has 0 aliphatic carbocycles. The molecule has 3 heteroatoms. The Labute approximate surface area is 117 Å².